The van der Waals surface area contributed by atoms with E-state index in [0.29, 0.717) is 13.0 Å². The molecule has 4 heterocycles. The SMILES string of the molecule is F[C@H]1CCN(c2ncccc2CC(c2cccnc2)c2cccnc2)C1. The monoisotopic (exact) mass is 348 g/mol. The summed E-state index contributed by atoms with van der Waals surface area (Å²) in [5, 5.41) is 0. The fourth-order valence-electron chi connectivity index (χ4n) is 3.60. The Bertz CT molecular complexity index is 801. The molecule has 1 aliphatic rings. The molecule has 0 N–H and O–H groups in total. The van der Waals surface area contributed by atoms with Crippen molar-refractivity contribution in [1.29, 1.82) is 0 Å². The summed E-state index contributed by atoms with van der Waals surface area (Å²) in [6.45, 7) is 1.14. The standard InChI is InChI=1S/C21H21FN4/c22-19-7-11-26(15-19)21-16(4-3-10-25-21)12-20(17-5-1-8-23-13-17)18-6-2-9-24-14-18/h1-6,8-10,13-14,19-20H,7,11-12,15H2/t19-/m0/s1. The van der Waals surface area contributed by atoms with E-state index in [1.165, 1.54) is 0 Å². The van der Waals surface area contributed by atoms with Crippen molar-refractivity contribution in [2.24, 2.45) is 0 Å². The third kappa shape index (κ3) is 3.57. The van der Waals surface area contributed by atoms with Crippen LogP contribution < -0.4 is 4.90 Å². The van der Waals surface area contributed by atoms with Crippen LogP contribution >= 0.6 is 0 Å². The van der Waals surface area contributed by atoms with Crippen LogP contribution in [0.1, 0.15) is 29.0 Å². The van der Waals surface area contributed by atoms with E-state index in [2.05, 4.69) is 38.1 Å². The van der Waals surface area contributed by atoms with E-state index in [9.17, 15) is 4.39 Å². The van der Waals surface area contributed by atoms with Gasteiger partial charge in [0.05, 0.1) is 6.54 Å². The number of rotatable bonds is 5. The molecule has 1 fully saturated rings. The first-order valence-electron chi connectivity index (χ1n) is 8.94. The highest BCUT2D eigenvalue weighted by Crippen LogP contribution is 2.32. The average molecular weight is 348 g/mol. The maximum absolute atomic E-state index is 13.7. The summed E-state index contributed by atoms with van der Waals surface area (Å²) in [4.78, 5) is 15.2. The molecule has 1 atom stereocenters. The molecule has 4 nitrogen and oxygen atoms in total. The largest absolute Gasteiger partial charge is 0.353 e. The van der Waals surface area contributed by atoms with Gasteiger partial charge in [0.15, 0.2) is 0 Å². The molecule has 0 radical (unpaired) electrons. The Morgan fingerprint density at radius 3 is 2.27 bits per heavy atom. The molecule has 0 bridgehead atoms. The minimum absolute atomic E-state index is 0.129. The van der Waals surface area contributed by atoms with Crippen molar-refractivity contribution >= 4 is 5.82 Å². The highest BCUT2D eigenvalue weighted by atomic mass is 19.1. The smallest absolute Gasteiger partial charge is 0.131 e. The lowest BCUT2D eigenvalue weighted by atomic mass is 9.87. The van der Waals surface area contributed by atoms with Crippen LogP contribution in [0.3, 0.4) is 0 Å². The van der Waals surface area contributed by atoms with Crippen LogP contribution in [0.15, 0.2) is 67.4 Å². The van der Waals surface area contributed by atoms with Crippen molar-refractivity contribution in [3.63, 3.8) is 0 Å². The van der Waals surface area contributed by atoms with E-state index in [1.54, 1.807) is 18.6 Å². The number of pyridine rings is 3. The molecule has 0 unspecified atom stereocenters. The molecule has 0 spiro atoms. The quantitative estimate of drug-likeness (QED) is 0.703. The van der Waals surface area contributed by atoms with E-state index < -0.39 is 6.17 Å². The first-order chi connectivity index (χ1) is 12.8. The van der Waals surface area contributed by atoms with E-state index in [-0.39, 0.29) is 5.92 Å². The predicted molar refractivity (Wildman–Crippen MR) is 100.0 cm³/mol. The summed E-state index contributed by atoms with van der Waals surface area (Å²) in [7, 11) is 0. The van der Waals surface area contributed by atoms with Gasteiger partial charge in [-0.2, -0.15) is 0 Å². The lowest BCUT2D eigenvalue weighted by molar-refractivity contribution is 0.364. The Morgan fingerprint density at radius 1 is 1.00 bits per heavy atom. The summed E-state index contributed by atoms with van der Waals surface area (Å²) in [5.41, 5.74) is 3.40. The molecular weight excluding hydrogens is 327 g/mol. The number of hydrogen-bond acceptors (Lipinski definition) is 4. The minimum atomic E-state index is -0.766. The Balaban J connectivity index is 1.69. The topological polar surface area (TPSA) is 41.9 Å². The van der Waals surface area contributed by atoms with Crippen molar-refractivity contribution < 1.29 is 4.39 Å². The Morgan fingerprint density at radius 2 is 1.69 bits per heavy atom. The Hall–Kier alpha value is -2.82. The van der Waals surface area contributed by atoms with E-state index in [4.69, 9.17) is 0 Å². The fourth-order valence-corrected chi connectivity index (χ4v) is 3.60. The van der Waals surface area contributed by atoms with Crippen LogP contribution in [-0.2, 0) is 6.42 Å². The van der Waals surface area contributed by atoms with Crippen LogP contribution in [0.5, 0.6) is 0 Å². The number of alkyl halides is 1. The van der Waals surface area contributed by atoms with Gasteiger partial charge in [-0.05, 0) is 47.7 Å². The summed E-state index contributed by atoms with van der Waals surface area (Å²) >= 11 is 0. The summed E-state index contributed by atoms with van der Waals surface area (Å²) in [6.07, 6.45) is 9.74. The van der Waals surface area contributed by atoms with Gasteiger partial charge in [-0.3, -0.25) is 9.97 Å². The van der Waals surface area contributed by atoms with Crippen molar-refractivity contribution in [3.8, 4) is 0 Å². The van der Waals surface area contributed by atoms with Gasteiger partial charge < -0.3 is 4.90 Å². The molecule has 1 aliphatic heterocycles. The minimum Gasteiger partial charge on any atom is -0.353 e. The molecule has 132 valence electrons. The fraction of sp³-hybridized carbons (Fsp3) is 0.286. The molecule has 26 heavy (non-hydrogen) atoms. The summed E-state index contributed by atoms with van der Waals surface area (Å²) < 4.78 is 13.7. The second-order valence-electron chi connectivity index (χ2n) is 6.65. The molecule has 0 saturated carbocycles. The Kier molecular flexibility index (Phi) is 4.86. The van der Waals surface area contributed by atoms with Gasteiger partial charge in [-0.25, -0.2) is 9.37 Å². The maximum atomic E-state index is 13.7. The first kappa shape index (κ1) is 16.6. The maximum Gasteiger partial charge on any atom is 0.131 e. The van der Waals surface area contributed by atoms with Crippen molar-refractivity contribution in [3.05, 3.63) is 84.1 Å². The number of aromatic nitrogens is 3. The van der Waals surface area contributed by atoms with Gasteiger partial charge in [0.1, 0.15) is 12.0 Å². The Labute approximate surface area is 152 Å². The van der Waals surface area contributed by atoms with Crippen LogP contribution in [0.25, 0.3) is 0 Å². The molecule has 3 aromatic rings. The second-order valence-corrected chi connectivity index (χ2v) is 6.65. The van der Waals surface area contributed by atoms with Gasteiger partial charge in [-0.1, -0.05) is 18.2 Å². The van der Waals surface area contributed by atoms with Gasteiger partial charge >= 0.3 is 0 Å². The third-order valence-corrected chi connectivity index (χ3v) is 4.90. The van der Waals surface area contributed by atoms with E-state index in [1.807, 2.05) is 30.6 Å². The molecule has 0 aromatic carbocycles. The highest BCUT2D eigenvalue weighted by molar-refractivity contribution is 5.49. The lowest BCUT2D eigenvalue weighted by Gasteiger charge is -2.23. The number of nitrogens with zero attached hydrogens (tertiary/aromatic N) is 4. The number of anilines is 1. The van der Waals surface area contributed by atoms with Gasteiger partial charge in [-0.15, -0.1) is 0 Å². The van der Waals surface area contributed by atoms with Gasteiger partial charge in [0.25, 0.3) is 0 Å². The van der Waals surface area contributed by atoms with E-state index in [0.717, 1.165) is 35.5 Å². The third-order valence-electron chi connectivity index (χ3n) is 4.90. The molecule has 1 saturated heterocycles. The number of hydrogen-bond donors (Lipinski definition) is 0. The second kappa shape index (κ2) is 7.60. The molecule has 3 aromatic heterocycles. The van der Waals surface area contributed by atoms with Crippen molar-refractivity contribution in [1.82, 2.24) is 15.0 Å². The van der Waals surface area contributed by atoms with Gasteiger partial charge in [0, 0.05) is 43.4 Å². The number of halogens is 1. The zero-order valence-electron chi connectivity index (χ0n) is 14.5. The zero-order valence-corrected chi connectivity index (χ0v) is 14.5. The zero-order chi connectivity index (χ0) is 17.8. The molecule has 0 aliphatic carbocycles. The van der Waals surface area contributed by atoms with Gasteiger partial charge in [0.2, 0.25) is 0 Å². The normalized spacial score (nSPS) is 17.0. The van der Waals surface area contributed by atoms with Crippen LogP contribution in [0, 0.1) is 0 Å². The molecular formula is C21H21FN4. The van der Waals surface area contributed by atoms with Crippen molar-refractivity contribution in [2.45, 2.75) is 24.9 Å². The first-order valence-corrected chi connectivity index (χ1v) is 8.94. The lowest BCUT2D eigenvalue weighted by Crippen LogP contribution is -2.23. The highest BCUT2D eigenvalue weighted by Gasteiger charge is 2.26. The summed E-state index contributed by atoms with van der Waals surface area (Å²) in [6, 6.07) is 12.1. The van der Waals surface area contributed by atoms with E-state index >= 15 is 0 Å². The predicted octanol–water partition coefficient (Wildman–Crippen LogP) is 3.79. The molecule has 4 rings (SSSR count). The van der Waals surface area contributed by atoms with Crippen LogP contribution in [0.2, 0.25) is 0 Å². The van der Waals surface area contributed by atoms with Crippen LogP contribution in [-0.4, -0.2) is 34.2 Å². The average Bonchev–Trinajstić information content (AvgIpc) is 3.14. The molecule has 5 heteroatoms. The van der Waals surface area contributed by atoms with Crippen molar-refractivity contribution in [2.75, 3.05) is 18.0 Å². The van der Waals surface area contributed by atoms with Crippen LogP contribution in [0.4, 0.5) is 10.2 Å². The summed E-state index contributed by atoms with van der Waals surface area (Å²) in [5.74, 6) is 1.02. The molecule has 0 amide bonds.